The lowest BCUT2D eigenvalue weighted by Crippen LogP contribution is -2.24. The van der Waals surface area contributed by atoms with Gasteiger partial charge in [-0.2, -0.15) is 0 Å². The third-order valence-electron chi connectivity index (χ3n) is 2.84. The van der Waals surface area contributed by atoms with Crippen molar-refractivity contribution < 1.29 is 14.3 Å². The molecule has 1 aromatic carbocycles. The van der Waals surface area contributed by atoms with Crippen molar-refractivity contribution >= 4 is 11.8 Å². The van der Waals surface area contributed by atoms with E-state index in [4.69, 9.17) is 4.74 Å². The zero-order valence-corrected chi connectivity index (χ0v) is 11.2. The lowest BCUT2D eigenvalue weighted by molar-refractivity contribution is -0.153. The maximum atomic E-state index is 11.9. The van der Waals surface area contributed by atoms with Crippen molar-refractivity contribution in [2.24, 2.45) is 11.8 Å². The van der Waals surface area contributed by atoms with Gasteiger partial charge in [0.2, 0.25) is 0 Å². The van der Waals surface area contributed by atoms with Gasteiger partial charge in [-0.3, -0.25) is 4.79 Å². The van der Waals surface area contributed by atoms with Gasteiger partial charge in [-0.25, -0.2) is 0 Å². The van der Waals surface area contributed by atoms with Crippen molar-refractivity contribution in [2.45, 2.75) is 33.8 Å². The smallest absolute Gasteiger partial charge is 0.309 e. The van der Waals surface area contributed by atoms with Gasteiger partial charge in [0.1, 0.15) is 12.4 Å². The van der Waals surface area contributed by atoms with Gasteiger partial charge in [0, 0.05) is 6.42 Å². The maximum Gasteiger partial charge on any atom is 0.309 e. The summed E-state index contributed by atoms with van der Waals surface area (Å²) < 4.78 is 5.26. The van der Waals surface area contributed by atoms with E-state index in [1.165, 1.54) is 6.92 Å². The zero-order valence-electron chi connectivity index (χ0n) is 11.2. The van der Waals surface area contributed by atoms with Crippen LogP contribution in [0.2, 0.25) is 0 Å². The Hall–Kier alpha value is -1.64. The van der Waals surface area contributed by atoms with E-state index in [1.807, 2.05) is 44.2 Å². The second kappa shape index (κ2) is 6.94. The Morgan fingerprint density at radius 1 is 1.17 bits per heavy atom. The molecule has 3 nitrogen and oxygen atoms in total. The monoisotopic (exact) mass is 248 g/mol. The molecule has 0 radical (unpaired) electrons. The molecule has 0 amide bonds. The fraction of sp³-hybridized carbons (Fsp3) is 0.467. The normalized spacial score (nSPS) is 12.2. The lowest BCUT2D eigenvalue weighted by atomic mass is 9.91. The standard InChI is InChI=1S/C15H20O3/c1-11(2)14(9-12(3)16)15(17)18-10-13-7-5-4-6-8-13/h4-8,11,14H,9-10H2,1-3H3. The number of ketones is 1. The number of carbonyl (C=O) groups excluding carboxylic acids is 2. The van der Waals surface area contributed by atoms with Crippen molar-refractivity contribution in [3.63, 3.8) is 0 Å². The van der Waals surface area contributed by atoms with Crippen LogP contribution in [0.4, 0.5) is 0 Å². The van der Waals surface area contributed by atoms with E-state index in [0.29, 0.717) is 0 Å². The summed E-state index contributed by atoms with van der Waals surface area (Å²) in [6, 6.07) is 9.53. The fourth-order valence-corrected chi connectivity index (χ4v) is 1.74. The number of carbonyl (C=O) groups is 2. The Balaban J connectivity index is 2.54. The number of esters is 1. The molecule has 1 atom stereocenters. The molecule has 0 aliphatic heterocycles. The van der Waals surface area contributed by atoms with Gasteiger partial charge >= 0.3 is 5.97 Å². The van der Waals surface area contributed by atoms with Crippen LogP contribution >= 0.6 is 0 Å². The minimum Gasteiger partial charge on any atom is -0.461 e. The van der Waals surface area contributed by atoms with E-state index < -0.39 is 0 Å². The van der Waals surface area contributed by atoms with Gasteiger partial charge < -0.3 is 9.53 Å². The quantitative estimate of drug-likeness (QED) is 0.727. The van der Waals surface area contributed by atoms with Crippen LogP contribution in [0.15, 0.2) is 30.3 Å². The minimum absolute atomic E-state index is 0.0189. The van der Waals surface area contributed by atoms with E-state index in [0.717, 1.165) is 5.56 Å². The average Bonchev–Trinajstić information content (AvgIpc) is 2.34. The number of ether oxygens (including phenoxy) is 1. The molecule has 0 saturated carbocycles. The van der Waals surface area contributed by atoms with Crippen LogP contribution in [0.25, 0.3) is 0 Å². The highest BCUT2D eigenvalue weighted by Gasteiger charge is 2.25. The van der Waals surface area contributed by atoms with Crippen LogP contribution in [0, 0.1) is 11.8 Å². The van der Waals surface area contributed by atoms with Crippen LogP contribution in [0.5, 0.6) is 0 Å². The Labute approximate surface area is 108 Å². The van der Waals surface area contributed by atoms with Crippen LogP contribution < -0.4 is 0 Å². The van der Waals surface area contributed by atoms with Gasteiger partial charge in [-0.1, -0.05) is 44.2 Å². The minimum atomic E-state index is -0.341. The third-order valence-corrected chi connectivity index (χ3v) is 2.84. The SMILES string of the molecule is CC(=O)CC(C(=O)OCc1ccccc1)C(C)C. The summed E-state index contributed by atoms with van der Waals surface area (Å²) in [6.45, 7) is 5.62. The lowest BCUT2D eigenvalue weighted by Gasteiger charge is -2.18. The Morgan fingerprint density at radius 3 is 2.28 bits per heavy atom. The molecule has 0 bridgehead atoms. The van der Waals surface area contributed by atoms with E-state index in [-0.39, 0.29) is 36.6 Å². The summed E-state index contributed by atoms with van der Waals surface area (Å²) in [5, 5.41) is 0. The molecule has 3 heteroatoms. The number of benzene rings is 1. The van der Waals surface area contributed by atoms with E-state index in [9.17, 15) is 9.59 Å². The highest BCUT2D eigenvalue weighted by Crippen LogP contribution is 2.18. The first kappa shape index (κ1) is 14.4. The maximum absolute atomic E-state index is 11.9. The predicted molar refractivity (Wildman–Crippen MR) is 69.9 cm³/mol. The molecule has 98 valence electrons. The molecule has 0 fully saturated rings. The second-order valence-corrected chi connectivity index (χ2v) is 4.85. The summed E-state index contributed by atoms with van der Waals surface area (Å²) in [4.78, 5) is 23.0. The largest absolute Gasteiger partial charge is 0.461 e. The van der Waals surface area contributed by atoms with Crippen molar-refractivity contribution in [3.8, 4) is 0 Å². The summed E-state index contributed by atoms with van der Waals surface area (Å²) in [5.74, 6) is -0.502. The molecule has 0 aliphatic rings. The molecular weight excluding hydrogens is 228 g/mol. The zero-order chi connectivity index (χ0) is 13.5. The molecular formula is C15H20O3. The number of Topliss-reactive ketones (excluding diaryl/α,β-unsaturated/α-hetero) is 1. The van der Waals surface area contributed by atoms with Gasteiger partial charge in [0.05, 0.1) is 5.92 Å². The van der Waals surface area contributed by atoms with Crippen molar-refractivity contribution in [1.82, 2.24) is 0 Å². The second-order valence-electron chi connectivity index (χ2n) is 4.85. The van der Waals surface area contributed by atoms with E-state index in [2.05, 4.69) is 0 Å². The highest BCUT2D eigenvalue weighted by molar-refractivity contribution is 5.82. The first-order valence-electron chi connectivity index (χ1n) is 6.20. The summed E-state index contributed by atoms with van der Waals surface area (Å²) >= 11 is 0. The number of hydrogen-bond donors (Lipinski definition) is 0. The Kier molecular flexibility index (Phi) is 5.56. The molecule has 0 N–H and O–H groups in total. The number of rotatable bonds is 6. The Bertz CT molecular complexity index is 395. The predicted octanol–water partition coefficient (Wildman–Crippen LogP) is 2.98. The van der Waals surface area contributed by atoms with Gasteiger partial charge in [-0.15, -0.1) is 0 Å². The summed E-state index contributed by atoms with van der Waals surface area (Å²) in [7, 11) is 0. The highest BCUT2D eigenvalue weighted by atomic mass is 16.5. The topological polar surface area (TPSA) is 43.4 Å². The molecule has 0 aromatic heterocycles. The molecule has 0 spiro atoms. The summed E-state index contributed by atoms with van der Waals surface area (Å²) in [5.41, 5.74) is 0.955. The molecule has 0 aliphatic carbocycles. The van der Waals surface area contributed by atoms with Crippen molar-refractivity contribution in [1.29, 1.82) is 0 Å². The van der Waals surface area contributed by atoms with Crippen molar-refractivity contribution in [3.05, 3.63) is 35.9 Å². The average molecular weight is 248 g/mol. The van der Waals surface area contributed by atoms with Crippen LogP contribution in [0.1, 0.15) is 32.8 Å². The van der Waals surface area contributed by atoms with Crippen LogP contribution in [-0.4, -0.2) is 11.8 Å². The number of hydrogen-bond acceptors (Lipinski definition) is 3. The third kappa shape index (κ3) is 4.70. The van der Waals surface area contributed by atoms with E-state index in [1.54, 1.807) is 0 Å². The van der Waals surface area contributed by atoms with Gasteiger partial charge in [0.15, 0.2) is 0 Å². The molecule has 1 unspecified atom stereocenters. The summed E-state index contributed by atoms with van der Waals surface area (Å²) in [6.07, 6.45) is 0.255. The first-order chi connectivity index (χ1) is 8.50. The van der Waals surface area contributed by atoms with Crippen molar-refractivity contribution in [2.75, 3.05) is 0 Å². The van der Waals surface area contributed by atoms with Crippen LogP contribution in [0.3, 0.4) is 0 Å². The van der Waals surface area contributed by atoms with Gasteiger partial charge in [0.25, 0.3) is 0 Å². The molecule has 1 rings (SSSR count). The van der Waals surface area contributed by atoms with E-state index >= 15 is 0 Å². The molecule has 0 saturated heterocycles. The molecule has 18 heavy (non-hydrogen) atoms. The fourth-order valence-electron chi connectivity index (χ4n) is 1.74. The Morgan fingerprint density at radius 2 is 1.78 bits per heavy atom. The first-order valence-corrected chi connectivity index (χ1v) is 6.20. The molecule has 1 aromatic rings. The molecule has 0 heterocycles. The van der Waals surface area contributed by atoms with Gasteiger partial charge in [-0.05, 0) is 18.4 Å². The van der Waals surface area contributed by atoms with Crippen LogP contribution in [-0.2, 0) is 20.9 Å².